The Hall–Kier alpha value is -2.21. The molecule has 102 valence electrons. The van der Waals surface area contributed by atoms with Crippen LogP contribution in [0.4, 0.5) is 5.69 Å². The number of nitrogens with zero attached hydrogens (tertiary/aromatic N) is 3. The summed E-state index contributed by atoms with van der Waals surface area (Å²) >= 11 is 0. The summed E-state index contributed by atoms with van der Waals surface area (Å²) in [5, 5.41) is 11.7. The Bertz CT molecular complexity index is 669. The molecule has 2 aromatic rings. The normalized spacial score (nSPS) is 18.2. The second-order valence-corrected chi connectivity index (χ2v) is 5.60. The number of fused-ring (bicyclic) bond motifs is 1. The molecular weight excluding hydrogens is 246 g/mol. The van der Waals surface area contributed by atoms with Crippen LogP contribution < -0.4 is 4.90 Å². The maximum atomic E-state index is 9.20. The van der Waals surface area contributed by atoms with Gasteiger partial charge in [0.15, 0.2) is 6.19 Å². The summed E-state index contributed by atoms with van der Waals surface area (Å²) < 4.78 is 0. The van der Waals surface area contributed by atoms with E-state index in [-0.39, 0.29) is 6.04 Å². The lowest BCUT2D eigenvalue weighted by Gasteiger charge is -2.20. The second-order valence-electron chi connectivity index (χ2n) is 5.60. The molecule has 1 atom stereocenters. The number of anilines is 1. The first kappa shape index (κ1) is 12.8. The first-order valence-corrected chi connectivity index (χ1v) is 7.07. The molecule has 0 unspecified atom stereocenters. The van der Waals surface area contributed by atoms with Gasteiger partial charge in [0, 0.05) is 31.7 Å². The Balaban J connectivity index is 2.06. The van der Waals surface area contributed by atoms with Gasteiger partial charge in [-0.15, -0.1) is 0 Å². The SMILES string of the molecule is CN(C)c1cccc2cc([C@H]3CCCN3C#N)ccc12. The molecular formula is C17H19N3. The largest absolute Gasteiger partial charge is 0.377 e. The fourth-order valence-corrected chi connectivity index (χ4v) is 3.12. The lowest BCUT2D eigenvalue weighted by molar-refractivity contribution is 0.374. The molecule has 0 N–H and O–H groups in total. The van der Waals surface area contributed by atoms with Crippen LogP contribution in [0.3, 0.4) is 0 Å². The average molecular weight is 265 g/mol. The standard InChI is InChI=1S/C17H19N3/c1-19(2)17-6-3-5-13-11-14(8-9-15(13)17)16-7-4-10-20(16)12-18/h3,5-6,8-9,11,16H,4,7,10H2,1-2H3/t16-/m1/s1. The van der Waals surface area contributed by atoms with E-state index in [1.54, 1.807) is 0 Å². The summed E-state index contributed by atoms with van der Waals surface area (Å²) in [6, 6.07) is 13.2. The van der Waals surface area contributed by atoms with E-state index in [1.807, 2.05) is 4.90 Å². The van der Waals surface area contributed by atoms with E-state index < -0.39 is 0 Å². The predicted octanol–water partition coefficient (Wildman–Crippen LogP) is 3.52. The first-order valence-electron chi connectivity index (χ1n) is 7.07. The molecule has 3 nitrogen and oxygen atoms in total. The highest BCUT2D eigenvalue weighted by atomic mass is 15.2. The zero-order chi connectivity index (χ0) is 14.1. The van der Waals surface area contributed by atoms with Crippen LogP contribution in [0.1, 0.15) is 24.4 Å². The summed E-state index contributed by atoms with van der Waals surface area (Å²) in [4.78, 5) is 4.04. The third-order valence-corrected chi connectivity index (χ3v) is 4.13. The minimum atomic E-state index is 0.257. The first-order chi connectivity index (χ1) is 9.70. The van der Waals surface area contributed by atoms with E-state index in [9.17, 15) is 5.26 Å². The lowest BCUT2D eigenvalue weighted by atomic mass is 9.99. The molecule has 0 bridgehead atoms. The maximum absolute atomic E-state index is 9.20. The Morgan fingerprint density at radius 1 is 1.25 bits per heavy atom. The highest BCUT2D eigenvalue weighted by Crippen LogP contribution is 2.34. The Labute approximate surface area is 120 Å². The van der Waals surface area contributed by atoms with Crippen molar-refractivity contribution in [3.8, 4) is 6.19 Å². The summed E-state index contributed by atoms with van der Waals surface area (Å²) in [7, 11) is 4.13. The Morgan fingerprint density at radius 3 is 2.85 bits per heavy atom. The van der Waals surface area contributed by atoms with Gasteiger partial charge in [-0.3, -0.25) is 0 Å². The zero-order valence-corrected chi connectivity index (χ0v) is 12.0. The highest BCUT2D eigenvalue weighted by Gasteiger charge is 2.25. The number of hydrogen-bond acceptors (Lipinski definition) is 3. The van der Waals surface area contributed by atoms with Crippen LogP contribution in [0, 0.1) is 11.5 Å². The maximum Gasteiger partial charge on any atom is 0.179 e. The molecule has 0 aliphatic carbocycles. The molecule has 0 radical (unpaired) electrons. The zero-order valence-electron chi connectivity index (χ0n) is 12.0. The van der Waals surface area contributed by atoms with E-state index in [1.165, 1.54) is 22.0 Å². The van der Waals surface area contributed by atoms with Crippen LogP contribution >= 0.6 is 0 Å². The van der Waals surface area contributed by atoms with E-state index in [4.69, 9.17) is 0 Å². The minimum absolute atomic E-state index is 0.257. The van der Waals surface area contributed by atoms with E-state index in [0.717, 1.165) is 19.4 Å². The smallest absolute Gasteiger partial charge is 0.179 e. The van der Waals surface area contributed by atoms with E-state index in [2.05, 4.69) is 61.6 Å². The molecule has 1 aliphatic rings. The van der Waals surface area contributed by atoms with Crippen LogP contribution in [0.2, 0.25) is 0 Å². The molecule has 3 rings (SSSR count). The molecule has 0 aromatic heterocycles. The second kappa shape index (κ2) is 5.05. The molecule has 1 aliphatic heterocycles. The van der Waals surface area contributed by atoms with Crippen molar-refractivity contribution in [2.75, 3.05) is 25.5 Å². The van der Waals surface area contributed by atoms with Crippen molar-refractivity contribution in [2.45, 2.75) is 18.9 Å². The van der Waals surface area contributed by atoms with Crippen LogP contribution in [0.15, 0.2) is 36.4 Å². The van der Waals surface area contributed by atoms with Gasteiger partial charge in [-0.05, 0) is 35.9 Å². The number of nitriles is 1. The van der Waals surface area contributed by atoms with Gasteiger partial charge in [0.05, 0.1) is 6.04 Å². The number of benzene rings is 2. The molecule has 0 spiro atoms. The van der Waals surface area contributed by atoms with Crippen molar-refractivity contribution in [2.24, 2.45) is 0 Å². The number of rotatable bonds is 2. The average Bonchev–Trinajstić information content (AvgIpc) is 2.94. The molecule has 20 heavy (non-hydrogen) atoms. The van der Waals surface area contributed by atoms with Crippen LogP contribution in [-0.4, -0.2) is 25.5 Å². The lowest BCUT2D eigenvalue weighted by Crippen LogP contribution is -2.16. The summed E-state index contributed by atoms with van der Waals surface area (Å²) in [6.45, 7) is 0.886. The topological polar surface area (TPSA) is 30.3 Å². The summed E-state index contributed by atoms with van der Waals surface area (Å²) in [5.74, 6) is 0. The fourth-order valence-electron chi connectivity index (χ4n) is 3.12. The predicted molar refractivity (Wildman–Crippen MR) is 82.6 cm³/mol. The van der Waals surface area contributed by atoms with Gasteiger partial charge in [-0.2, -0.15) is 5.26 Å². The number of likely N-dealkylation sites (tertiary alicyclic amines) is 1. The molecule has 1 heterocycles. The van der Waals surface area contributed by atoms with Gasteiger partial charge in [0.2, 0.25) is 0 Å². The molecule has 2 aromatic carbocycles. The van der Waals surface area contributed by atoms with Gasteiger partial charge in [-0.25, -0.2) is 0 Å². The van der Waals surface area contributed by atoms with Crippen LogP contribution in [0.25, 0.3) is 10.8 Å². The van der Waals surface area contributed by atoms with Gasteiger partial charge in [-0.1, -0.05) is 24.3 Å². The monoisotopic (exact) mass is 265 g/mol. The molecule has 1 fully saturated rings. The van der Waals surface area contributed by atoms with Crippen LogP contribution in [0.5, 0.6) is 0 Å². The van der Waals surface area contributed by atoms with Gasteiger partial charge < -0.3 is 9.80 Å². The van der Waals surface area contributed by atoms with E-state index in [0.29, 0.717) is 0 Å². The van der Waals surface area contributed by atoms with Crippen LogP contribution in [-0.2, 0) is 0 Å². The Morgan fingerprint density at radius 2 is 2.10 bits per heavy atom. The fraction of sp³-hybridized carbons (Fsp3) is 0.353. The van der Waals surface area contributed by atoms with Crippen molar-refractivity contribution in [3.63, 3.8) is 0 Å². The molecule has 0 amide bonds. The van der Waals surface area contributed by atoms with E-state index >= 15 is 0 Å². The van der Waals surface area contributed by atoms with Crippen molar-refractivity contribution in [1.82, 2.24) is 4.90 Å². The third kappa shape index (κ3) is 2.08. The van der Waals surface area contributed by atoms with Gasteiger partial charge in [0.25, 0.3) is 0 Å². The Kier molecular flexibility index (Phi) is 3.23. The van der Waals surface area contributed by atoms with Crippen molar-refractivity contribution < 1.29 is 0 Å². The van der Waals surface area contributed by atoms with Crippen molar-refractivity contribution in [3.05, 3.63) is 42.0 Å². The quantitative estimate of drug-likeness (QED) is 0.778. The number of hydrogen-bond donors (Lipinski definition) is 0. The molecule has 1 saturated heterocycles. The summed E-state index contributed by atoms with van der Waals surface area (Å²) in [6.07, 6.45) is 4.50. The van der Waals surface area contributed by atoms with Gasteiger partial charge in [0.1, 0.15) is 0 Å². The van der Waals surface area contributed by atoms with Crippen molar-refractivity contribution in [1.29, 1.82) is 5.26 Å². The molecule has 0 saturated carbocycles. The highest BCUT2D eigenvalue weighted by molar-refractivity contribution is 5.94. The summed E-state index contributed by atoms with van der Waals surface area (Å²) in [5.41, 5.74) is 2.49. The third-order valence-electron chi connectivity index (χ3n) is 4.13. The molecule has 3 heteroatoms. The van der Waals surface area contributed by atoms with Gasteiger partial charge >= 0.3 is 0 Å². The van der Waals surface area contributed by atoms with Crippen molar-refractivity contribution >= 4 is 16.5 Å². The minimum Gasteiger partial charge on any atom is -0.377 e.